The molecular weight excluding hydrogens is 344 g/mol. The van der Waals surface area contributed by atoms with Crippen molar-refractivity contribution >= 4 is 33.5 Å². The molecule has 1 aromatic heterocycles. The third-order valence-corrected chi connectivity index (χ3v) is 4.01. The van der Waals surface area contributed by atoms with Crippen LogP contribution in [0.1, 0.15) is 35.8 Å². The molecule has 0 saturated carbocycles. The zero-order valence-corrected chi connectivity index (χ0v) is 14.3. The zero-order chi connectivity index (χ0) is 15.9. The molecule has 2 rings (SSSR count). The van der Waals surface area contributed by atoms with Crippen LogP contribution in [0.5, 0.6) is 0 Å². The molecule has 1 aromatic carbocycles. The fourth-order valence-corrected chi connectivity index (χ4v) is 2.11. The van der Waals surface area contributed by atoms with Gasteiger partial charge in [0.25, 0.3) is 5.91 Å². The summed E-state index contributed by atoms with van der Waals surface area (Å²) in [4.78, 5) is 20.4. The van der Waals surface area contributed by atoms with Crippen molar-refractivity contribution in [3.05, 3.63) is 46.2 Å². The molecule has 0 aliphatic carbocycles. The van der Waals surface area contributed by atoms with E-state index in [1.807, 2.05) is 25.1 Å². The van der Waals surface area contributed by atoms with Crippen LogP contribution in [0.25, 0.3) is 0 Å². The third kappa shape index (κ3) is 4.53. The predicted molar refractivity (Wildman–Crippen MR) is 91.4 cm³/mol. The first-order valence-electron chi connectivity index (χ1n) is 7.24. The molecule has 0 spiro atoms. The van der Waals surface area contributed by atoms with Gasteiger partial charge in [-0.05, 0) is 43.2 Å². The maximum absolute atomic E-state index is 12.0. The zero-order valence-electron chi connectivity index (χ0n) is 12.7. The van der Waals surface area contributed by atoms with E-state index < -0.39 is 0 Å². The van der Waals surface area contributed by atoms with Crippen molar-refractivity contribution < 1.29 is 4.79 Å². The quantitative estimate of drug-likeness (QED) is 0.766. The van der Waals surface area contributed by atoms with Crippen molar-refractivity contribution in [2.45, 2.75) is 26.7 Å². The Hall–Kier alpha value is -1.95. The summed E-state index contributed by atoms with van der Waals surface area (Å²) in [5, 5.41) is 5.96. The number of aryl methyl sites for hydroxylation is 1. The number of rotatable bonds is 6. The molecule has 0 fully saturated rings. The number of benzene rings is 1. The number of aromatic nitrogens is 2. The van der Waals surface area contributed by atoms with Crippen LogP contribution < -0.4 is 10.6 Å². The molecule has 0 unspecified atom stereocenters. The number of amides is 1. The Morgan fingerprint density at radius 2 is 2.14 bits per heavy atom. The molecule has 0 aliphatic rings. The van der Waals surface area contributed by atoms with Gasteiger partial charge in [0, 0.05) is 22.9 Å². The number of carbonyl (C=O) groups excluding carboxylic acids is 1. The van der Waals surface area contributed by atoms with Gasteiger partial charge in [0.05, 0.1) is 0 Å². The molecule has 0 atom stereocenters. The van der Waals surface area contributed by atoms with Crippen molar-refractivity contribution in [1.29, 1.82) is 0 Å². The Kier molecular flexibility index (Phi) is 5.89. The number of nitrogens with zero attached hydrogens (tertiary/aromatic N) is 2. The highest BCUT2D eigenvalue weighted by atomic mass is 79.9. The van der Waals surface area contributed by atoms with Gasteiger partial charge in [0.2, 0.25) is 5.95 Å². The van der Waals surface area contributed by atoms with Crippen LogP contribution in [0.3, 0.4) is 0 Å². The lowest BCUT2D eigenvalue weighted by Crippen LogP contribution is -2.25. The van der Waals surface area contributed by atoms with Gasteiger partial charge < -0.3 is 10.6 Å². The molecule has 2 N–H and O–H groups in total. The number of carbonyl (C=O) groups is 1. The lowest BCUT2D eigenvalue weighted by atomic mass is 10.2. The minimum absolute atomic E-state index is 0.175. The second-order valence-corrected chi connectivity index (χ2v) is 5.82. The van der Waals surface area contributed by atoms with Crippen LogP contribution >= 0.6 is 15.9 Å². The van der Waals surface area contributed by atoms with E-state index in [1.165, 1.54) is 0 Å². The highest BCUT2D eigenvalue weighted by molar-refractivity contribution is 9.10. The van der Waals surface area contributed by atoms with Gasteiger partial charge in [-0.1, -0.05) is 29.3 Å². The lowest BCUT2D eigenvalue weighted by Gasteiger charge is -2.08. The highest BCUT2D eigenvalue weighted by Gasteiger charge is 2.08. The number of hydrogen-bond donors (Lipinski definition) is 2. The first-order valence-corrected chi connectivity index (χ1v) is 8.04. The second-order valence-electron chi connectivity index (χ2n) is 4.96. The predicted octanol–water partition coefficient (Wildman–Crippen LogP) is 3.82. The normalized spacial score (nSPS) is 10.3. The van der Waals surface area contributed by atoms with E-state index in [9.17, 15) is 4.79 Å². The molecular formula is C16H19BrN4O. The summed E-state index contributed by atoms with van der Waals surface area (Å²) >= 11 is 3.46. The molecule has 22 heavy (non-hydrogen) atoms. The minimum atomic E-state index is -0.175. The summed E-state index contributed by atoms with van der Waals surface area (Å²) in [6.07, 6.45) is 3.58. The number of unbranched alkanes of at least 4 members (excludes halogenated alkanes) is 1. The number of halogens is 1. The van der Waals surface area contributed by atoms with E-state index >= 15 is 0 Å². The van der Waals surface area contributed by atoms with E-state index in [2.05, 4.69) is 43.5 Å². The molecule has 2 aromatic rings. The van der Waals surface area contributed by atoms with E-state index in [4.69, 9.17) is 0 Å². The number of hydrogen-bond acceptors (Lipinski definition) is 4. The van der Waals surface area contributed by atoms with Gasteiger partial charge in [0.15, 0.2) is 0 Å². The van der Waals surface area contributed by atoms with E-state index in [-0.39, 0.29) is 5.91 Å². The molecule has 5 nitrogen and oxygen atoms in total. The number of anilines is 2. The maximum atomic E-state index is 12.0. The Morgan fingerprint density at radius 3 is 2.86 bits per heavy atom. The molecule has 0 bridgehead atoms. The standard InChI is InChI=1S/C16H19BrN4O/c1-3-4-8-18-15(22)14-7-9-19-16(21-14)20-12-5-6-13(17)11(2)10-12/h5-7,9-10H,3-4,8H2,1-2H3,(H,18,22)(H,19,20,21). The highest BCUT2D eigenvalue weighted by Crippen LogP contribution is 2.21. The van der Waals surface area contributed by atoms with Gasteiger partial charge in [-0.3, -0.25) is 4.79 Å². The Bertz CT molecular complexity index is 660. The topological polar surface area (TPSA) is 66.9 Å². The molecule has 0 radical (unpaired) electrons. The van der Waals surface area contributed by atoms with Gasteiger partial charge in [0.1, 0.15) is 5.69 Å². The van der Waals surface area contributed by atoms with Crippen LogP contribution in [0, 0.1) is 6.92 Å². The molecule has 0 aliphatic heterocycles. The van der Waals surface area contributed by atoms with Crippen molar-refractivity contribution in [3.8, 4) is 0 Å². The molecule has 0 saturated heterocycles. The summed E-state index contributed by atoms with van der Waals surface area (Å²) < 4.78 is 1.04. The average molecular weight is 363 g/mol. The van der Waals surface area contributed by atoms with Gasteiger partial charge in [-0.25, -0.2) is 9.97 Å². The van der Waals surface area contributed by atoms with Crippen LogP contribution in [-0.4, -0.2) is 22.4 Å². The van der Waals surface area contributed by atoms with E-state index in [1.54, 1.807) is 12.3 Å². The Balaban J connectivity index is 2.07. The Morgan fingerprint density at radius 1 is 1.32 bits per heavy atom. The summed E-state index contributed by atoms with van der Waals surface area (Å²) in [6.45, 7) is 4.75. The van der Waals surface area contributed by atoms with Gasteiger partial charge in [-0.2, -0.15) is 0 Å². The fraction of sp³-hybridized carbons (Fsp3) is 0.312. The monoisotopic (exact) mass is 362 g/mol. The number of nitrogens with one attached hydrogen (secondary N) is 2. The minimum Gasteiger partial charge on any atom is -0.351 e. The van der Waals surface area contributed by atoms with Crippen LogP contribution in [0.15, 0.2) is 34.9 Å². The summed E-state index contributed by atoms with van der Waals surface area (Å²) in [7, 11) is 0. The first kappa shape index (κ1) is 16.4. The van der Waals surface area contributed by atoms with Crippen LogP contribution in [-0.2, 0) is 0 Å². The maximum Gasteiger partial charge on any atom is 0.270 e. The molecule has 116 valence electrons. The smallest absolute Gasteiger partial charge is 0.270 e. The van der Waals surface area contributed by atoms with Crippen molar-refractivity contribution in [1.82, 2.24) is 15.3 Å². The lowest BCUT2D eigenvalue weighted by molar-refractivity contribution is 0.0948. The van der Waals surface area contributed by atoms with Crippen molar-refractivity contribution in [3.63, 3.8) is 0 Å². The van der Waals surface area contributed by atoms with Crippen molar-refractivity contribution in [2.24, 2.45) is 0 Å². The van der Waals surface area contributed by atoms with Gasteiger partial charge >= 0.3 is 0 Å². The SMILES string of the molecule is CCCCNC(=O)c1ccnc(Nc2ccc(Br)c(C)c2)n1. The van der Waals surface area contributed by atoms with E-state index in [0.717, 1.165) is 28.6 Å². The molecule has 6 heteroatoms. The fourth-order valence-electron chi connectivity index (χ4n) is 1.87. The van der Waals surface area contributed by atoms with Crippen LogP contribution in [0.2, 0.25) is 0 Å². The Labute approximate surface area is 138 Å². The molecule has 1 amide bonds. The first-order chi connectivity index (χ1) is 10.6. The third-order valence-electron chi connectivity index (χ3n) is 3.12. The largest absolute Gasteiger partial charge is 0.351 e. The summed E-state index contributed by atoms with van der Waals surface area (Å²) in [6, 6.07) is 7.48. The summed E-state index contributed by atoms with van der Waals surface area (Å²) in [5.41, 5.74) is 2.35. The van der Waals surface area contributed by atoms with Crippen molar-refractivity contribution in [2.75, 3.05) is 11.9 Å². The molecule has 1 heterocycles. The summed E-state index contributed by atoms with van der Waals surface area (Å²) in [5.74, 6) is 0.232. The van der Waals surface area contributed by atoms with Crippen LogP contribution in [0.4, 0.5) is 11.6 Å². The van der Waals surface area contributed by atoms with Gasteiger partial charge in [-0.15, -0.1) is 0 Å². The van der Waals surface area contributed by atoms with E-state index in [0.29, 0.717) is 18.2 Å². The average Bonchev–Trinajstić information content (AvgIpc) is 2.51. The second kappa shape index (κ2) is 7.89.